The Morgan fingerprint density at radius 2 is 1.89 bits per heavy atom. The van der Waals surface area contributed by atoms with E-state index < -0.39 is 35.0 Å². The first-order valence-corrected chi connectivity index (χ1v) is 8.30. The number of hydrogen-bond donors (Lipinski definition) is 2. The Labute approximate surface area is 162 Å². The van der Waals surface area contributed by atoms with E-state index in [-0.39, 0.29) is 26.9 Å². The van der Waals surface area contributed by atoms with E-state index in [1.54, 1.807) is 12.1 Å². The summed E-state index contributed by atoms with van der Waals surface area (Å²) < 4.78 is 5.03. The molecule has 0 fully saturated rings. The second-order valence-electron chi connectivity index (χ2n) is 5.61. The van der Waals surface area contributed by atoms with Crippen molar-refractivity contribution in [1.29, 1.82) is 0 Å². The maximum atomic E-state index is 12.5. The number of halogens is 2. The molecule has 2 atom stereocenters. The van der Waals surface area contributed by atoms with E-state index in [1.165, 1.54) is 30.3 Å². The van der Waals surface area contributed by atoms with Crippen molar-refractivity contribution >= 4 is 46.5 Å². The van der Waals surface area contributed by atoms with Gasteiger partial charge in [-0.2, -0.15) is 0 Å². The van der Waals surface area contributed by atoms with Crippen LogP contribution in [0.15, 0.2) is 42.5 Å². The maximum Gasteiger partial charge on any atom is 0.339 e. The van der Waals surface area contributed by atoms with Gasteiger partial charge in [0.1, 0.15) is 6.04 Å². The van der Waals surface area contributed by atoms with Crippen molar-refractivity contribution in [3.8, 4) is 0 Å². The lowest BCUT2D eigenvalue weighted by Gasteiger charge is -2.32. The molecule has 2 aromatic rings. The number of ketones is 1. The number of nitrogens with zero attached hydrogens (tertiary/aromatic N) is 1. The molecule has 140 valence electrons. The van der Waals surface area contributed by atoms with Crippen molar-refractivity contribution < 1.29 is 24.3 Å². The third-order valence-electron chi connectivity index (χ3n) is 3.92. The molecule has 0 saturated heterocycles. The van der Waals surface area contributed by atoms with Crippen LogP contribution in [0.5, 0.6) is 0 Å². The predicted molar refractivity (Wildman–Crippen MR) is 95.5 cm³/mol. The molecule has 1 amide bonds. The number of fused-ring (bicyclic) bond motifs is 1. The lowest BCUT2D eigenvalue weighted by Crippen LogP contribution is -2.45. The van der Waals surface area contributed by atoms with Crippen molar-refractivity contribution in [3.05, 3.63) is 68.8 Å². The van der Waals surface area contributed by atoms with Crippen LogP contribution in [0.4, 0.5) is 5.69 Å². The van der Waals surface area contributed by atoms with Crippen LogP contribution in [0, 0.1) is 5.21 Å². The number of nitrogens with one attached hydrogen (secondary N) is 1. The van der Waals surface area contributed by atoms with Crippen LogP contribution in [0.25, 0.3) is 0 Å². The minimum Gasteiger partial charge on any atom is -0.762 e. The topological polar surface area (TPSA) is 119 Å². The van der Waals surface area contributed by atoms with Crippen LogP contribution in [0.3, 0.4) is 0 Å². The van der Waals surface area contributed by atoms with Crippen LogP contribution < -0.4 is 5.32 Å². The second kappa shape index (κ2) is 7.63. The van der Waals surface area contributed by atoms with Crippen molar-refractivity contribution in [1.82, 2.24) is 5.23 Å². The van der Waals surface area contributed by atoms with Gasteiger partial charge < -0.3 is 20.5 Å². The number of carbonyl (C=O) groups is 3. The fourth-order valence-corrected chi connectivity index (χ4v) is 2.96. The van der Waals surface area contributed by atoms with Crippen LogP contribution in [-0.4, -0.2) is 34.1 Å². The second-order valence-corrected chi connectivity index (χ2v) is 6.42. The van der Waals surface area contributed by atoms with Crippen molar-refractivity contribution in [2.75, 3.05) is 5.32 Å². The molecule has 27 heavy (non-hydrogen) atoms. The van der Waals surface area contributed by atoms with E-state index in [0.717, 1.165) is 0 Å². The number of hydroxylamine groups is 2. The minimum atomic E-state index is -1.97. The van der Waals surface area contributed by atoms with E-state index in [1.807, 2.05) is 0 Å². The molecular weight excluding hydrogens is 399 g/mol. The lowest BCUT2D eigenvalue weighted by atomic mass is 9.97. The van der Waals surface area contributed by atoms with Gasteiger partial charge in [0.15, 0.2) is 6.10 Å². The van der Waals surface area contributed by atoms with Crippen LogP contribution in [0.1, 0.15) is 22.0 Å². The van der Waals surface area contributed by atoms with Crippen LogP contribution >= 0.6 is 23.2 Å². The molecule has 8 nitrogen and oxygen atoms in total. The smallest absolute Gasteiger partial charge is 0.339 e. The largest absolute Gasteiger partial charge is 0.762 e. The number of hydrogen-bond acceptors (Lipinski definition) is 7. The first-order valence-electron chi connectivity index (χ1n) is 7.55. The summed E-state index contributed by atoms with van der Waals surface area (Å²) >= 11 is 11.6. The van der Waals surface area contributed by atoms with E-state index in [2.05, 4.69) is 5.32 Å². The van der Waals surface area contributed by atoms with Crippen LogP contribution in [-0.2, 0) is 14.3 Å². The van der Waals surface area contributed by atoms with Gasteiger partial charge in [-0.3, -0.25) is 14.8 Å². The molecule has 1 heterocycles. The summed E-state index contributed by atoms with van der Waals surface area (Å²) in [5.74, 6) is -3.26. The Bertz CT molecular complexity index is 933. The van der Waals surface area contributed by atoms with Gasteiger partial charge in [0.2, 0.25) is 5.78 Å². The van der Waals surface area contributed by atoms with Gasteiger partial charge in [0, 0.05) is 11.3 Å². The Morgan fingerprint density at radius 3 is 2.56 bits per heavy atom. The van der Waals surface area contributed by atoms with E-state index in [4.69, 9.17) is 27.9 Å². The third kappa shape index (κ3) is 3.80. The highest BCUT2D eigenvalue weighted by Crippen LogP contribution is 2.35. The Balaban J connectivity index is 1.85. The molecule has 0 saturated carbocycles. The number of benzene rings is 2. The fraction of sp³-hybridized carbons (Fsp3) is 0.118. The number of amides is 1. The van der Waals surface area contributed by atoms with Gasteiger partial charge in [0.25, 0.3) is 5.91 Å². The zero-order valence-electron chi connectivity index (χ0n) is 13.4. The summed E-state index contributed by atoms with van der Waals surface area (Å²) in [6.07, 6.45) is -1.43. The molecule has 1 aliphatic rings. The Kier molecular flexibility index (Phi) is 5.45. The highest BCUT2D eigenvalue weighted by Gasteiger charge is 2.42. The number of anilines is 1. The first-order chi connectivity index (χ1) is 12.8. The molecule has 2 unspecified atom stereocenters. The Morgan fingerprint density at radius 1 is 1.19 bits per heavy atom. The minimum absolute atomic E-state index is 0.143. The molecule has 0 spiro atoms. The third-order valence-corrected chi connectivity index (χ3v) is 4.65. The summed E-state index contributed by atoms with van der Waals surface area (Å²) in [5, 5.41) is 22.9. The van der Waals surface area contributed by atoms with Crippen molar-refractivity contribution in [2.24, 2.45) is 0 Å². The van der Waals surface area contributed by atoms with E-state index in [0.29, 0.717) is 0 Å². The molecule has 1 aliphatic heterocycles. The van der Waals surface area contributed by atoms with Gasteiger partial charge >= 0.3 is 5.97 Å². The molecule has 3 rings (SSSR count). The van der Waals surface area contributed by atoms with E-state index in [9.17, 15) is 24.8 Å². The number of ether oxygens (including phenoxy) is 1. The number of esters is 1. The van der Waals surface area contributed by atoms with E-state index >= 15 is 0 Å². The highest BCUT2D eigenvalue weighted by molar-refractivity contribution is 6.44. The molecule has 0 aliphatic carbocycles. The highest BCUT2D eigenvalue weighted by atomic mass is 35.5. The molecular formula is C17H11Cl2N2O6-. The summed E-state index contributed by atoms with van der Waals surface area (Å²) in [4.78, 5) is 36.6. The number of Topliss-reactive ketones (excluding diaryl/α,β-unsaturated/α-hetero) is 1. The summed E-state index contributed by atoms with van der Waals surface area (Å²) in [7, 11) is 0. The lowest BCUT2D eigenvalue weighted by molar-refractivity contribution is -0.156. The SMILES string of the molecule is O=C(Nc1ccc(Cl)c(Cl)c1)C(=O)C(C1OC(=O)c2ccccc21)N([O-])O. The number of rotatable bonds is 5. The molecule has 0 bridgehead atoms. The normalized spacial score (nSPS) is 16.6. The Hall–Kier alpha value is -2.49. The van der Waals surface area contributed by atoms with Gasteiger partial charge in [-0.15, -0.1) is 0 Å². The first kappa shape index (κ1) is 19.3. The predicted octanol–water partition coefficient (Wildman–Crippen LogP) is 2.97. The summed E-state index contributed by atoms with van der Waals surface area (Å²) in [5.41, 5.74) is 0.519. The molecule has 0 radical (unpaired) electrons. The van der Waals surface area contributed by atoms with Crippen molar-refractivity contribution in [3.63, 3.8) is 0 Å². The average Bonchev–Trinajstić information content (AvgIpc) is 2.95. The zero-order chi connectivity index (χ0) is 19.7. The van der Waals surface area contributed by atoms with Crippen LogP contribution in [0.2, 0.25) is 10.0 Å². The maximum absolute atomic E-state index is 12.5. The number of carbonyl (C=O) groups excluding carboxylic acids is 3. The fourth-order valence-electron chi connectivity index (χ4n) is 2.66. The molecule has 2 aromatic carbocycles. The van der Waals surface area contributed by atoms with Gasteiger partial charge in [-0.1, -0.05) is 41.4 Å². The summed E-state index contributed by atoms with van der Waals surface area (Å²) in [6, 6.07) is 8.19. The molecule has 10 heteroatoms. The average molecular weight is 410 g/mol. The standard InChI is InChI=1S/C17H11Cl2N2O6/c18-11-6-5-8(7-12(11)19)20-16(23)14(22)13(21(25)26)15-9-3-1-2-4-10(9)17(24)27-15/h1-7,13,15,25H,(H,20,23)/q-1. The molecule has 2 N–H and O–H groups in total. The van der Waals surface area contributed by atoms with Gasteiger partial charge in [0.05, 0.1) is 15.6 Å². The zero-order valence-corrected chi connectivity index (χ0v) is 14.9. The van der Waals surface area contributed by atoms with Gasteiger partial charge in [-0.25, -0.2) is 4.79 Å². The number of cyclic esters (lactones) is 1. The van der Waals surface area contributed by atoms with Crippen molar-refractivity contribution in [2.45, 2.75) is 12.1 Å². The molecule has 0 aromatic heterocycles. The van der Waals surface area contributed by atoms with Gasteiger partial charge in [-0.05, 0) is 24.3 Å². The quantitative estimate of drug-likeness (QED) is 0.442. The summed E-state index contributed by atoms with van der Waals surface area (Å²) in [6.45, 7) is 0. The monoisotopic (exact) mass is 409 g/mol.